The highest BCUT2D eigenvalue weighted by Crippen LogP contribution is 2.12. The van der Waals surface area contributed by atoms with Crippen molar-refractivity contribution in [2.24, 2.45) is 0 Å². The Morgan fingerprint density at radius 1 is 0.404 bits per heavy atom. The van der Waals surface area contributed by atoms with Gasteiger partial charge in [-0.05, 0) is 90.1 Å². The summed E-state index contributed by atoms with van der Waals surface area (Å²) in [4.78, 5) is 23.9. The number of allylic oxidation sites excluding steroid dienone is 4. The molecule has 0 aromatic carbocycles. The van der Waals surface area contributed by atoms with Crippen molar-refractivity contribution in [3.05, 3.63) is 24.3 Å². The normalized spacial score (nSPS) is 11.6. The molecule has 0 aromatic heterocycles. The molecule has 47 heavy (non-hydrogen) atoms. The van der Waals surface area contributed by atoms with E-state index in [-0.39, 0.29) is 11.9 Å². The van der Waals surface area contributed by atoms with Crippen LogP contribution in [0.4, 0.5) is 0 Å². The second-order valence-electron chi connectivity index (χ2n) is 13.6. The molecule has 5 nitrogen and oxygen atoms in total. The molecule has 0 fully saturated rings. The van der Waals surface area contributed by atoms with Gasteiger partial charge in [0.25, 0.3) is 0 Å². The summed E-state index contributed by atoms with van der Waals surface area (Å²) in [5.41, 5.74) is 0. The quantitative estimate of drug-likeness (QED) is 0.0405. The van der Waals surface area contributed by atoms with Crippen LogP contribution in [0.2, 0.25) is 0 Å². The maximum atomic E-state index is 11.9. The summed E-state index contributed by atoms with van der Waals surface area (Å²) in [7, 11) is 0. The molecule has 0 unspecified atom stereocenters. The summed E-state index contributed by atoms with van der Waals surface area (Å²) in [5, 5.41) is 3.34. The highest BCUT2D eigenvalue weighted by atomic mass is 16.5. The molecule has 0 radical (unpaired) electrons. The van der Waals surface area contributed by atoms with Gasteiger partial charge in [-0.25, -0.2) is 0 Å². The molecule has 5 heteroatoms. The van der Waals surface area contributed by atoms with Crippen molar-refractivity contribution in [2.45, 2.75) is 206 Å². The Balaban J connectivity index is 3.30. The minimum atomic E-state index is -0.0687. The fraction of sp³-hybridized carbons (Fsp3) is 0.857. The van der Waals surface area contributed by atoms with Gasteiger partial charge in [0.05, 0.1) is 13.2 Å². The molecule has 0 amide bonds. The van der Waals surface area contributed by atoms with Crippen LogP contribution in [0.15, 0.2) is 24.3 Å². The van der Waals surface area contributed by atoms with Crippen LogP contribution >= 0.6 is 0 Å². The van der Waals surface area contributed by atoms with E-state index in [9.17, 15) is 9.59 Å². The molecular formula is C42H79NO4. The van der Waals surface area contributed by atoms with Crippen molar-refractivity contribution >= 4 is 11.9 Å². The van der Waals surface area contributed by atoms with E-state index in [0.29, 0.717) is 26.1 Å². The molecule has 0 spiro atoms. The molecule has 0 atom stereocenters. The van der Waals surface area contributed by atoms with Gasteiger partial charge in [-0.15, -0.1) is 0 Å². The van der Waals surface area contributed by atoms with Crippen molar-refractivity contribution in [3.8, 4) is 0 Å². The Morgan fingerprint density at radius 3 is 1.04 bits per heavy atom. The van der Waals surface area contributed by atoms with Crippen LogP contribution in [0, 0.1) is 0 Å². The van der Waals surface area contributed by atoms with Crippen LogP contribution in [-0.4, -0.2) is 38.2 Å². The van der Waals surface area contributed by atoms with Crippen molar-refractivity contribution in [2.75, 3.05) is 26.3 Å². The predicted octanol–water partition coefficient (Wildman–Crippen LogP) is 12.5. The highest BCUT2D eigenvalue weighted by Gasteiger charge is 2.04. The van der Waals surface area contributed by atoms with Gasteiger partial charge in [-0.2, -0.15) is 0 Å². The van der Waals surface area contributed by atoms with E-state index in [1.807, 2.05) is 0 Å². The van der Waals surface area contributed by atoms with Crippen LogP contribution in [-0.2, 0) is 19.1 Å². The molecule has 0 aliphatic rings. The van der Waals surface area contributed by atoms with E-state index < -0.39 is 0 Å². The molecule has 0 rings (SSSR count). The number of hydrogen-bond acceptors (Lipinski definition) is 5. The molecule has 0 heterocycles. The van der Waals surface area contributed by atoms with Crippen LogP contribution in [0.3, 0.4) is 0 Å². The molecule has 0 bridgehead atoms. The monoisotopic (exact) mass is 662 g/mol. The van der Waals surface area contributed by atoms with Crippen LogP contribution in [0.1, 0.15) is 206 Å². The SMILES string of the molecule is CCCCCCCCC=CCCCCCCCC(=O)OCCCNCCCOC(=O)CCCCCCCC=CCCCCCCCC. The van der Waals surface area contributed by atoms with Crippen LogP contribution in [0.5, 0.6) is 0 Å². The molecule has 0 aromatic rings. The molecule has 0 saturated carbocycles. The number of carbonyl (C=O) groups is 2. The number of ether oxygens (including phenoxy) is 2. The lowest BCUT2D eigenvalue weighted by Crippen LogP contribution is -2.20. The van der Waals surface area contributed by atoms with Gasteiger partial charge < -0.3 is 14.8 Å². The van der Waals surface area contributed by atoms with Gasteiger partial charge in [0, 0.05) is 12.8 Å². The smallest absolute Gasteiger partial charge is 0.305 e. The van der Waals surface area contributed by atoms with E-state index in [4.69, 9.17) is 9.47 Å². The zero-order chi connectivity index (χ0) is 34.1. The summed E-state index contributed by atoms with van der Waals surface area (Å²) < 4.78 is 10.7. The fourth-order valence-electron chi connectivity index (χ4n) is 5.72. The van der Waals surface area contributed by atoms with E-state index >= 15 is 0 Å². The first-order chi connectivity index (χ1) is 23.2. The number of rotatable bonds is 38. The summed E-state index contributed by atoms with van der Waals surface area (Å²) in [6.07, 6.45) is 44.9. The van der Waals surface area contributed by atoms with Gasteiger partial charge >= 0.3 is 11.9 Å². The van der Waals surface area contributed by atoms with Crippen molar-refractivity contribution in [1.82, 2.24) is 5.32 Å². The van der Waals surface area contributed by atoms with E-state index in [1.165, 1.54) is 141 Å². The summed E-state index contributed by atoms with van der Waals surface area (Å²) in [5.74, 6) is -0.137. The lowest BCUT2D eigenvalue weighted by molar-refractivity contribution is -0.144. The van der Waals surface area contributed by atoms with Gasteiger partial charge in [0.15, 0.2) is 0 Å². The largest absolute Gasteiger partial charge is 0.466 e. The summed E-state index contributed by atoms with van der Waals surface area (Å²) in [6.45, 7) is 7.10. The number of unbranched alkanes of at least 4 members (excludes halogenated alkanes) is 22. The molecule has 1 N–H and O–H groups in total. The maximum absolute atomic E-state index is 11.9. The lowest BCUT2D eigenvalue weighted by Gasteiger charge is -2.07. The first kappa shape index (κ1) is 45.4. The Kier molecular flexibility index (Phi) is 39.2. The third kappa shape index (κ3) is 40.5. The first-order valence-corrected chi connectivity index (χ1v) is 20.5. The highest BCUT2D eigenvalue weighted by molar-refractivity contribution is 5.69. The zero-order valence-corrected chi connectivity index (χ0v) is 31.5. The van der Waals surface area contributed by atoms with Crippen molar-refractivity contribution in [3.63, 3.8) is 0 Å². The standard InChI is InChI=1S/C42H79NO4/c1-3-5-7-9-11-13-15-17-19-21-23-25-27-29-31-35-41(44)46-39-33-37-43-38-34-40-47-42(45)36-32-30-28-26-24-22-20-18-16-14-12-10-8-6-4-2/h17-20,43H,3-16,21-40H2,1-2H3. The average Bonchev–Trinajstić information content (AvgIpc) is 3.07. The lowest BCUT2D eigenvalue weighted by atomic mass is 10.1. The molecule has 276 valence electrons. The Labute approximate surface area is 292 Å². The summed E-state index contributed by atoms with van der Waals surface area (Å²) in [6, 6.07) is 0. The Bertz CT molecular complexity index is 647. The number of carbonyl (C=O) groups excluding carboxylic acids is 2. The van der Waals surface area contributed by atoms with Crippen molar-refractivity contribution < 1.29 is 19.1 Å². The second kappa shape index (κ2) is 40.6. The van der Waals surface area contributed by atoms with Crippen molar-refractivity contribution in [1.29, 1.82) is 0 Å². The van der Waals surface area contributed by atoms with Gasteiger partial charge in [0.2, 0.25) is 0 Å². The van der Waals surface area contributed by atoms with Crippen LogP contribution in [0.25, 0.3) is 0 Å². The maximum Gasteiger partial charge on any atom is 0.305 e. The minimum absolute atomic E-state index is 0.0687. The predicted molar refractivity (Wildman–Crippen MR) is 203 cm³/mol. The first-order valence-electron chi connectivity index (χ1n) is 20.5. The molecular weight excluding hydrogens is 582 g/mol. The fourth-order valence-corrected chi connectivity index (χ4v) is 5.72. The minimum Gasteiger partial charge on any atom is -0.466 e. The summed E-state index contributed by atoms with van der Waals surface area (Å²) >= 11 is 0. The zero-order valence-electron chi connectivity index (χ0n) is 31.5. The van der Waals surface area contributed by atoms with Gasteiger partial charge in [0.1, 0.15) is 0 Å². The second-order valence-corrected chi connectivity index (χ2v) is 13.6. The third-order valence-electron chi connectivity index (χ3n) is 8.81. The number of hydrogen-bond donors (Lipinski definition) is 1. The van der Waals surface area contributed by atoms with Gasteiger partial charge in [-0.1, -0.05) is 141 Å². The molecule has 0 saturated heterocycles. The van der Waals surface area contributed by atoms with E-state index in [1.54, 1.807) is 0 Å². The van der Waals surface area contributed by atoms with E-state index in [0.717, 1.165) is 51.6 Å². The third-order valence-corrected chi connectivity index (χ3v) is 8.81. The van der Waals surface area contributed by atoms with Crippen LogP contribution < -0.4 is 5.32 Å². The molecule has 0 aliphatic carbocycles. The number of esters is 2. The Morgan fingerprint density at radius 2 is 0.702 bits per heavy atom. The average molecular weight is 662 g/mol. The van der Waals surface area contributed by atoms with E-state index in [2.05, 4.69) is 43.5 Å². The topological polar surface area (TPSA) is 64.6 Å². The van der Waals surface area contributed by atoms with Gasteiger partial charge in [-0.3, -0.25) is 9.59 Å². The molecule has 0 aliphatic heterocycles. The Hall–Kier alpha value is -1.62. The number of nitrogens with one attached hydrogen (secondary N) is 1.